The molecule has 0 bridgehead atoms. The summed E-state index contributed by atoms with van der Waals surface area (Å²) in [6.45, 7) is 0. The number of benzene rings is 2. The van der Waals surface area contributed by atoms with Crippen LogP contribution in [0.2, 0.25) is 0 Å². The van der Waals surface area contributed by atoms with Gasteiger partial charge in [-0.15, -0.1) is 0 Å². The minimum Gasteiger partial charge on any atom is -0.459 e. The number of anilines is 2. The van der Waals surface area contributed by atoms with E-state index in [1.54, 1.807) is 36.4 Å². The lowest BCUT2D eigenvalue weighted by atomic mass is 10.1. The summed E-state index contributed by atoms with van der Waals surface area (Å²) in [7, 11) is 0. The predicted molar refractivity (Wildman–Crippen MR) is 87.5 cm³/mol. The first kappa shape index (κ1) is 15.5. The quantitative estimate of drug-likeness (QED) is 0.764. The second-order valence-electron chi connectivity index (χ2n) is 4.94. The number of hydrogen-bond donors (Lipinski definition) is 2. The van der Waals surface area contributed by atoms with Crippen molar-refractivity contribution in [2.45, 2.75) is 0 Å². The zero-order valence-corrected chi connectivity index (χ0v) is 12.5. The number of rotatable bonds is 4. The lowest BCUT2D eigenvalue weighted by Crippen LogP contribution is -2.18. The summed E-state index contributed by atoms with van der Waals surface area (Å²) in [6.07, 6.45) is 1.39. The first-order chi connectivity index (χ1) is 11.6. The molecule has 0 unspecified atom stereocenters. The number of para-hydroxylation sites is 1. The van der Waals surface area contributed by atoms with E-state index >= 15 is 0 Å². The lowest BCUT2D eigenvalue weighted by molar-refractivity contribution is 0.0996. The first-order valence-electron chi connectivity index (χ1n) is 7.14. The summed E-state index contributed by atoms with van der Waals surface area (Å²) in [6, 6.07) is 15.2. The SMILES string of the molecule is O=C(Nc1ccccc1C(=O)Nc1cccc(F)c1)c1ccco1. The van der Waals surface area contributed by atoms with Gasteiger partial charge in [0.25, 0.3) is 11.8 Å². The number of nitrogens with one attached hydrogen (secondary N) is 2. The Balaban J connectivity index is 1.80. The number of carbonyl (C=O) groups is 2. The van der Waals surface area contributed by atoms with Gasteiger partial charge in [-0.2, -0.15) is 0 Å². The van der Waals surface area contributed by atoms with Gasteiger partial charge in [0.2, 0.25) is 0 Å². The van der Waals surface area contributed by atoms with Crippen molar-refractivity contribution in [3.05, 3.63) is 84.1 Å². The fourth-order valence-corrected chi connectivity index (χ4v) is 2.15. The molecule has 3 rings (SSSR count). The molecule has 0 fully saturated rings. The number of hydrogen-bond acceptors (Lipinski definition) is 3. The summed E-state index contributed by atoms with van der Waals surface area (Å²) in [5, 5.41) is 5.22. The predicted octanol–water partition coefficient (Wildman–Crippen LogP) is 3.92. The fourth-order valence-electron chi connectivity index (χ4n) is 2.15. The highest BCUT2D eigenvalue weighted by molar-refractivity contribution is 6.11. The summed E-state index contributed by atoms with van der Waals surface area (Å²) in [4.78, 5) is 24.5. The van der Waals surface area contributed by atoms with Gasteiger partial charge in [-0.1, -0.05) is 18.2 Å². The Morgan fingerprint density at radius 3 is 2.46 bits per heavy atom. The van der Waals surface area contributed by atoms with Crippen LogP contribution in [0.25, 0.3) is 0 Å². The van der Waals surface area contributed by atoms with Crippen molar-refractivity contribution in [3.63, 3.8) is 0 Å². The second kappa shape index (κ2) is 6.78. The van der Waals surface area contributed by atoms with E-state index in [4.69, 9.17) is 4.42 Å². The van der Waals surface area contributed by atoms with Crippen molar-refractivity contribution in [1.29, 1.82) is 0 Å². The Labute approximate surface area is 137 Å². The molecular formula is C18H13FN2O3. The van der Waals surface area contributed by atoms with Crippen molar-refractivity contribution < 1.29 is 18.4 Å². The van der Waals surface area contributed by atoms with E-state index < -0.39 is 17.6 Å². The monoisotopic (exact) mass is 324 g/mol. The Kier molecular flexibility index (Phi) is 4.38. The van der Waals surface area contributed by atoms with Gasteiger partial charge in [-0.05, 0) is 42.5 Å². The van der Waals surface area contributed by atoms with Crippen LogP contribution in [-0.4, -0.2) is 11.8 Å². The zero-order valence-electron chi connectivity index (χ0n) is 12.5. The molecule has 0 radical (unpaired) electrons. The van der Waals surface area contributed by atoms with Crippen LogP contribution in [0.5, 0.6) is 0 Å². The largest absolute Gasteiger partial charge is 0.459 e. The van der Waals surface area contributed by atoms with Crippen LogP contribution in [0.1, 0.15) is 20.9 Å². The van der Waals surface area contributed by atoms with Crippen LogP contribution >= 0.6 is 0 Å². The van der Waals surface area contributed by atoms with Crippen LogP contribution in [0.4, 0.5) is 15.8 Å². The molecule has 1 aromatic heterocycles. The van der Waals surface area contributed by atoms with E-state index in [0.29, 0.717) is 11.4 Å². The molecule has 0 atom stereocenters. The summed E-state index contributed by atoms with van der Waals surface area (Å²) in [5.74, 6) is -1.25. The van der Waals surface area contributed by atoms with Crippen LogP contribution in [0.3, 0.4) is 0 Å². The van der Waals surface area contributed by atoms with Crippen LogP contribution in [-0.2, 0) is 0 Å². The molecule has 0 aliphatic carbocycles. The topological polar surface area (TPSA) is 71.3 Å². The van der Waals surface area contributed by atoms with E-state index in [9.17, 15) is 14.0 Å². The Bertz CT molecular complexity index is 875. The van der Waals surface area contributed by atoms with E-state index in [0.717, 1.165) is 0 Å². The molecular weight excluding hydrogens is 311 g/mol. The molecule has 0 spiro atoms. The molecule has 6 heteroatoms. The van der Waals surface area contributed by atoms with Gasteiger partial charge in [0.1, 0.15) is 5.82 Å². The molecule has 2 amide bonds. The highest BCUT2D eigenvalue weighted by Gasteiger charge is 2.15. The van der Waals surface area contributed by atoms with Crippen molar-refractivity contribution in [1.82, 2.24) is 0 Å². The third-order valence-electron chi connectivity index (χ3n) is 3.25. The Hall–Kier alpha value is -3.41. The number of furan rings is 1. The Morgan fingerprint density at radius 2 is 1.71 bits per heavy atom. The molecule has 0 saturated carbocycles. The van der Waals surface area contributed by atoms with Crippen molar-refractivity contribution in [2.75, 3.05) is 10.6 Å². The van der Waals surface area contributed by atoms with Gasteiger partial charge in [-0.25, -0.2) is 4.39 Å². The third kappa shape index (κ3) is 3.49. The van der Waals surface area contributed by atoms with Gasteiger partial charge >= 0.3 is 0 Å². The van der Waals surface area contributed by atoms with Crippen molar-refractivity contribution in [3.8, 4) is 0 Å². The summed E-state index contributed by atoms with van der Waals surface area (Å²) in [5.41, 5.74) is 0.904. The highest BCUT2D eigenvalue weighted by Crippen LogP contribution is 2.19. The average Bonchev–Trinajstić information content (AvgIpc) is 3.10. The molecule has 2 N–H and O–H groups in total. The summed E-state index contributed by atoms with van der Waals surface area (Å²) < 4.78 is 18.2. The smallest absolute Gasteiger partial charge is 0.291 e. The van der Waals surface area contributed by atoms with Gasteiger partial charge < -0.3 is 15.1 Å². The maximum absolute atomic E-state index is 13.2. The molecule has 0 aliphatic heterocycles. The second-order valence-corrected chi connectivity index (χ2v) is 4.94. The minimum absolute atomic E-state index is 0.135. The minimum atomic E-state index is -0.467. The lowest BCUT2D eigenvalue weighted by Gasteiger charge is -2.11. The number of amides is 2. The first-order valence-corrected chi connectivity index (χ1v) is 7.14. The molecule has 3 aromatic rings. The molecule has 24 heavy (non-hydrogen) atoms. The van der Waals surface area contributed by atoms with Crippen LogP contribution < -0.4 is 10.6 Å². The molecule has 120 valence electrons. The normalized spacial score (nSPS) is 10.2. The standard InChI is InChI=1S/C18H13FN2O3/c19-12-5-3-6-13(11-12)20-17(22)14-7-1-2-8-15(14)21-18(23)16-9-4-10-24-16/h1-11H,(H,20,22)(H,21,23). The maximum Gasteiger partial charge on any atom is 0.291 e. The van der Waals surface area contributed by atoms with Crippen molar-refractivity contribution in [2.24, 2.45) is 0 Å². The number of carbonyl (C=O) groups excluding carboxylic acids is 2. The van der Waals surface area contributed by atoms with Crippen LogP contribution in [0, 0.1) is 5.82 Å². The maximum atomic E-state index is 13.2. The van der Waals surface area contributed by atoms with Crippen molar-refractivity contribution >= 4 is 23.2 Å². The molecule has 1 heterocycles. The van der Waals surface area contributed by atoms with Gasteiger partial charge in [0, 0.05) is 5.69 Å². The molecule has 5 nitrogen and oxygen atoms in total. The van der Waals surface area contributed by atoms with E-state index in [1.807, 2.05) is 0 Å². The van der Waals surface area contributed by atoms with E-state index in [2.05, 4.69) is 10.6 Å². The van der Waals surface area contributed by atoms with E-state index in [1.165, 1.54) is 30.5 Å². The summed E-state index contributed by atoms with van der Waals surface area (Å²) >= 11 is 0. The third-order valence-corrected chi connectivity index (χ3v) is 3.25. The zero-order chi connectivity index (χ0) is 16.9. The average molecular weight is 324 g/mol. The number of halogens is 1. The molecule has 0 aliphatic rings. The van der Waals surface area contributed by atoms with Gasteiger partial charge in [0.05, 0.1) is 17.5 Å². The molecule has 2 aromatic carbocycles. The fraction of sp³-hybridized carbons (Fsp3) is 0. The van der Waals surface area contributed by atoms with E-state index in [-0.39, 0.29) is 11.3 Å². The van der Waals surface area contributed by atoms with Crippen LogP contribution in [0.15, 0.2) is 71.3 Å². The highest BCUT2D eigenvalue weighted by atomic mass is 19.1. The van der Waals surface area contributed by atoms with Gasteiger partial charge in [0.15, 0.2) is 5.76 Å². The Morgan fingerprint density at radius 1 is 0.875 bits per heavy atom. The van der Waals surface area contributed by atoms with Gasteiger partial charge in [-0.3, -0.25) is 9.59 Å². The molecule has 0 saturated heterocycles.